The first-order valence-electron chi connectivity index (χ1n) is 6.94. The van der Waals surface area contributed by atoms with E-state index in [1.807, 2.05) is 6.92 Å². The number of hydrogen-bond acceptors (Lipinski definition) is 6. The molecule has 0 atom stereocenters. The number of rotatable bonds is 5. The zero-order valence-corrected chi connectivity index (χ0v) is 12.0. The average Bonchev–Trinajstić information content (AvgIpc) is 2.48. The van der Waals surface area contributed by atoms with Crippen molar-refractivity contribution in [2.45, 2.75) is 6.92 Å². The summed E-state index contributed by atoms with van der Waals surface area (Å²) >= 11 is 0. The third-order valence-corrected chi connectivity index (χ3v) is 3.38. The Hall–Kier alpha value is -2.22. The molecule has 1 aliphatic heterocycles. The Kier molecular flexibility index (Phi) is 5.04. The fraction of sp³-hybridized carbons (Fsp3) is 0.538. The maximum Gasteiger partial charge on any atom is 0.287 e. The first-order chi connectivity index (χ1) is 10.1. The molecule has 1 N–H and O–H groups in total. The van der Waals surface area contributed by atoms with E-state index < -0.39 is 4.92 Å². The van der Waals surface area contributed by atoms with Gasteiger partial charge in [-0.05, 0) is 13.0 Å². The number of nitro groups is 1. The minimum atomic E-state index is -0.457. The molecule has 8 heteroatoms. The lowest BCUT2D eigenvalue weighted by molar-refractivity contribution is -0.385. The van der Waals surface area contributed by atoms with E-state index in [0.29, 0.717) is 13.1 Å². The second kappa shape index (κ2) is 6.98. The van der Waals surface area contributed by atoms with Gasteiger partial charge in [-0.1, -0.05) is 0 Å². The molecule has 1 aliphatic rings. The summed E-state index contributed by atoms with van der Waals surface area (Å²) in [7, 11) is 0. The molecular weight excluding hydrogens is 274 g/mol. The number of anilines is 1. The van der Waals surface area contributed by atoms with Gasteiger partial charge in [-0.3, -0.25) is 19.8 Å². The third-order valence-electron chi connectivity index (χ3n) is 3.38. The number of carbonyl (C=O) groups excluding carboxylic acids is 1. The number of hydrogen-bond donors (Lipinski definition) is 1. The first kappa shape index (κ1) is 15.2. The van der Waals surface area contributed by atoms with Crippen LogP contribution in [0, 0.1) is 10.1 Å². The molecule has 0 aromatic carbocycles. The Morgan fingerprint density at radius 1 is 1.38 bits per heavy atom. The van der Waals surface area contributed by atoms with Crippen molar-refractivity contribution in [3.05, 3.63) is 28.4 Å². The van der Waals surface area contributed by atoms with E-state index in [9.17, 15) is 14.9 Å². The summed E-state index contributed by atoms with van der Waals surface area (Å²) in [6.07, 6.45) is 1.27. The highest BCUT2D eigenvalue weighted by molar-refractivity contribution is 5.77. The zero-order valence-electron chi connectivity index (χ0n) is 12.0. The van der Waals surface area contributed by atoms with Gasteiger partial charge in [-0.15, -0.1) is 0 Å². The van der Waals surface area contributed by atoms with Crippen LogP contribution in [0.3, 0.4) is 0 Å². The van der Waals surface area contributed by atoms with Gasteiger partial charge in [0.05, 0.1) is 11.5 Å². The van der Waals surface area contributed by atoms with Crippen molar-refractivity contribution in [3.63, 3.8) is 0 Å². The van der Waals surface area contributed by atoms with E-state index in [4.69, 9.17) is 0 Å². The Morgan fingerprint density at radius 2 is 2.10 bits per heavy atom. The van der Waals surface area contributed by atoms with Crippen molar-refractivity contribution in [2.24, 2.45) is 0 Å². The number of aromatic nitrogens is 1. The van der Waals surface area contributed by atoms with Gasteiger partial charge in [0.15, 0.2) is 0 Å². The standard InChI is InChI=1S/C13H19N5O3/c1-2-14-13(19)10-16-5-7-17(8-6-16)12-4-3-11(9-15-12)18(20)21/h3-4,9H,2,5-8,10H2,1H3,(H,14,19). The van der Waals surface area contributed by atoms with Gasteiger partial charge in [0.2, 0.25) is 5.91 Å². The van der Waals surface area contributed by atoms with E-state index in [1.54, 1.807) is 6.07 Å². The van der Waals surface area contributed by atoms with Crippen LogP contribution in [0.5, 0.6) is 0 Å². The quantitative estimate of drug-likeness (QED) is 0.618. The van der Waals surface area contributed by atoms with E-state index in [-0.39, 0.29) is 11.6 Å². The molecule has 0 radical (unpaired) electrons. The molecule has 21 heavy (non-hydrogen) atoms. The zero-order chi connectivity index (χ0) is 15.2. The first-order valence-corrected chi connectivity index (χ1v) is 6.94. The predicted molar refractivity (Wildman–Crippen MR) is 78.2 cm³/mol. The SMILES string of the molecule is CCNC(=O)CN1CCN(c2ccc([N+](=O)[O-])cn2)CC1. The fourth-order valence-electron chi connectivity index (χ4n) is 2.26. The minimum absolute atomic E-state index is 0.00590. The summed E-state index contributed by atoms with van der Waals surface area (Å²) in [5.74, 6) is 0.776. The molecule has 0 spiro atoms. The topological polar surface area (TPSA) is 91.6 Å². The monoisotopic (exact) mass is 293 g/mol. The molecule has 114 valence electrons. The summed E-state index contributed by atoms with van der Waals surface area (Å²) in [6, 6.07) is 3.13. The molecule has 1 amide bonds. The maximum atomic E-state index is 11.5. The van der Waals surface area contributed by atoms with Crippen molar-refractivity contribution >= 4 is 17.4 Å². The van der Waals surface area contributed by atoms with Crippen LogP contribution >= 0.6 is 0 Å². The van der Waals surface area contributed by atoms with Crippen LogP contribution in [0.15, 0.2) is 18.3 Å². The van der Waals surface area contributed by atoms with Crippen molar-refractivity contribution in [3.8, 4) is 0 Å². The molecule has 0 saturated carbocycles. The highest BCUT2D eigenvalue weighted by Crippen LogP contribution is 2.17. The minimum Gasteiger partial charge on any atom is -0.355 e. The largest absolute Gasteiger partial charge is 0.355 e. The summed E-state index contributed by atoms with van der Waals surface area (Å²) in [4.78, 5) is 29.9. The molecule has 1 fully saturated rings. The molecule has 0 aliphatic carbocycles. The number of likely N-dealkylation sites (N-methyl/N-ethyl adjacent to an activating group) is 1. The van der Waals surface area contributed by atoms with E-state index in [1.165, 1.54) is 12.3 Å². The number of piperazine rings is 1. The fourth-order valence-corrected chi connectivity index (χ4v) is 2.26. The molecule has 0 bridgehead atoms. The molecule has 8 nitrogen and oxygen atoms in total. The van der Waals surface area contributed by atoms with Gasteiger partial charge in [-0.2, -0.15) is 0 Å². The van der Waals surface area contributed by atoms with Crippen LogP contribution in [0.4, 0.5) is 11.5 Å². The summed E-state index contributed by atoms with van der Waals surface area (Å²) < 4.78 is 0. The van der Waals surface area contributed by atoms with Crippen molar-refractivity contribution < 1.29 is 9.72 Å². The molecule has 1 saturated heterocycles. The second-order valence-electron chi connectivity index (χ2n) is 4.85. The number of nitrogens with one attached hydrogen (secondary N) is 1. The molecule has 0 unspecified atom stereocenters. The molecule has 1 aromatic heterocycles. The van der Waals surface area contributed by atoms with Crippen LogP contribution in [0.1, 0.15) is 6.92 Å². The summed E-state index contributed by atoms with van der Waals surface area (Å²) in [5, 5.41) is 13.4. The Balaban J connectivity index is 1.86. The lowest BCUT2D eigenvalue weighted by atomic mass is 10.3. The molecular formula is C13H19N5O3. The van der Waals surface area contributed by atoms with Crippen LogP contribution in [-0.2, 0) is 4.79 Å². The van der Waals surface area contributed by atoms with Gasteiger partial charge in [-0.25, -0.2) is 4.98 Å². The third kappa shape index (κ3) is 4.12. The summed E-state index contributed by atoms with van der Waals surface area (Å²) in [5.41, 5.74) is -0.00590. The van der Waals surface area contributed by atoms with Crippen molar-refractivity contribution in [2.75, 3.05) is 44.2 Å². The van der Waals surface area contributed by atoms with Crippen molar-refractivity contribution in [1.29, 1.82) is 0 Å². The van der Waals surface area contributed by atoms with Gasteiger partial charge in [0.1, 0.15) is 12.0 Å². The van der Waals surface area contributed by atoms with Gasteiger partial charge >= 0.3 is 0 Å². The Bertz CT molecular complexity index is 497. The van der Waals surface area contributed by atoms with Gasteiger partial charge in [0.25, 0.3) is 5.69 Å². The Morgan fingerprint density at radius 3 is 2.62 bits per heavy atom. The van der Waals surface area contributed by atoms with E-state index >= 15 is 0 Å². The maximum absolute atomic E-state index is 11.5. The molecule has 2 heterocycles. The van der Waals surface area contributed by atoms with Crippen LogP contribution in [-0.4, -0.2) is 60.0 Å². The van der Waals surface area contributed by atoms with Crippen LogP contribution < -0.4 is 10.2 Å². The highest BCUT2D eigenvalue weighted by Gasteiger charge is 2.20. The van der Waals surface area contributed by atoms with Gasteiger partial charge in [0, 0.05) is 38.8 Å². The number of pyridine rings is 1. The molecule has 2 rings (SSSR count). The lowest BCUT2D eigenvalue weighted by Crippen LogP contribution is -2.49. The highest BCUT2D eigenvalue weighted by atomic mass is 16.6. The second-order valence-corrected chi connectivity index (χ2v) is 4.85. The Labute approximate surface area is 122 Å². The van der Waals surface area contributed by atoms with E-state index in [0.717, 1.165) is 32.0 Å². The number of amides is 1. The number of nitrogens with zero attached hydrogens (tertiary/aromatic N) is 4. The smallest absolute Gasteiger partial charge is 0.287 e. The average molecular weight is 293 g/mol. The number of carbonyl (C=O) groups is 1. The van der Waals surface area contributed by atoms with Gasteiger partial charge < -0.3 is 10.2 Å². The van der Waals surface area contributed by atoms with Crippen LogP contribution in [0.25, 0.3) is 0 Å². The lowest BCUT2D eigenvalue weighted by Gasteiger charge is -2.34. The van der Waals surface area contributed by atoms with Crippen LogP contribution in [0.2, 0.25) is 0 Å². The molecule has 1 aromatic rings. The summed E-state index contributed by atoms with van der Waals surface area (Å²) in [6.45, 7) is 6.01. The van der Waals surface area contributed by atoms with Crippen molar-refractivity contribution in [1.82, 2.24) is 15.2 Å². The van der Waals surface area contributed by atoms with E-state index in [2.05, 4.69) is 20.1 Å². The normalized spacial score (nSPS) is 15.8. The predicted octanol–water partition coefficient (Wildman–Crippen LogP) is 0.248.